The fourth-order valence-corrected chi connectivity index (χ4v) is 2.35. The first kappa shape index (κ1) is 16.3. The van der Waals surface area contributed by atoms with E-state index in [9.17, 15) is 5.11 Å². The van der Waals surface area contributed by atoms with Crippen LogP contribution in [-0.2, 0) is 11.3 Å². The van der Waals surface area contributed by atoms with Crippen molar-refractivity contribution in [2.45, 2.75) is 12.7 Å². The largest absolute Gasteiger partial charge is 0.389 e. The smallest absolute Gasteiger partial charge is 0.0945 e. The first-order valence-electron chi connectivity index (χ1n) is 6.64. The summed E-state index contributed by atoms with van der Waals surface area (Å²) in [6.07, 6.45) is -0.594. The Bertz CT molecular complexity index is 565. The second-order valence-electron chi connectivity index (χ2n) is 4.66. The van der Waals surface area contributed by atoms with Gasteiger partial charge in [0.05, 0.1) is 30.0 Å². The van der Waals surface area contributed by atoms with Gasteiger partial charge >= 0.3 is 0 Å². The van der Waals surface area contributed by atoms with E-state index in [4.69, 9.17) is 16.3 Å². The second kappa shape index (κ2) is 8.39. The van der Waals surface area contributed by atoms with Crippen LogP contribution in [0.4, 0.5) is 5.69 Å². The number of rotatable bonds is 7. The zero-order chi connectivity index (χ0) is 15.1. The number of aliphatic hydroxyl groups is 1. The van der Waals surface area contributed by atoms with Crippen molar-refractivity contribution in [2.24, 2.45) is 0 Å². The maximum atomic E-state index is 9.91. The van der Waals surface area contributed by atoms with Gasteiger partial charge in [-0.15, -0.1) is 0 Å². The minimum Gasteiger partial charge on any atom is -0.389 e. The topological polar surface area (TPSA) is 41.5 Å². The molecule has 21 heavy (non-hydrogen) atoms. The molecule has 0 aromatic heterocycles. The molecule has 0 aliphatic heterocycles. The Kier molecular flexibility index (Phi) is 6.51. The van der Waals surface area contributed by atoms with E-state index in [0.717, 1.165) is 15.7 Å². The van der Waals surface area contributed by atoms with Crippen molar-refractivity contribution in [3.63, 3.8) is 0 Å². The molecule has 1 unspecified atom stereocenters. The van der Waals surface area contributed by atoms with Crippen LogP contribution in [0.3, 0.4) is 0 Å². The van der Waals surface area contributed by atoms with Gasteiger partial charge < -0.3 is 15.2 Å². The van der Waals surface area contributed by atoms with Gasteiger partial charge in [0.15, 0.2) is 0 Å². The zero-order valence-corrected chi connectivity index (χ0v) is 13.8. The lowest BCUT2D eigenvalue weighted by Crippen LogP contribution is -2.24. The first-order valence-corrected chi connectivity index (χ1v) is 7.81. The van der Waals surface area contributed by atoms with Gasteiger partial charge in [0.25, 0.3) is 0 Å². The van der Waals surface area contributed by atoms with Crippen molar-refractivity contribution < 1.29 is 9.84 Å². The van der Waals surface area contributed by atoms with Gasteiger partial charge in [-0.25, -0.2) is 0 Å². The third-order valence-electron chi connectivity index (χ3n) is 2.88. The predicted octanol–water partition coefficient (Wildman–Crippen LogP) is 4.09. The fraction of sp³-hybridized carbons (Fsp3) is 0.250. The van der Waals surface area contributed by atoms with Gasteiger partial charge in [0, 0.05) is 11.0 Å². The molecule has 0 fully saturated rings. The summed E-state index contributed by atoms with van der Waals surface area (Å²) in [5, 5.41) is 13.6. The van der Waals surface area contributed by atoms with Crippen LogP contribution in [0.25, 0.3) is 0 Å². The molecular weight excluding hydrogens is 354 g/mol. The summed E-state index contributed by atoms with van der Waals surface area (Å²) in [7, 11) is 0. The van der Waals surface area contributed by atoms with Gasteiger partial charge in [0.1, 0.15) is 0 Å². The summed E-state index contributed by atoms with van der Waals surface area (Å²) in [6.45, 7) is 1.15. The van der Waals surface area contributed by atoms with E-state index >= 15 is 0 Å². The summed E-state index contributed by atoms with van der Waals surface area (Å²) in [5.41, 5.74) is 1.88. The fourth-order valence-electron chi connectivity index (χ4n) is 1.81. The molecule has 0 heterocycles. The number of hydrogen-bond donors (Lipinski definition) is 2. The van der Waals surface area contributed by atoms with E-state index in [1.54, 1.807) is 6.07 Å². The van der Waals surface area contributed by atoms with Crippen LogP contribution < -0.4 is 5.32 Å². The molecule has 0 saturated heterocycles. The Morgan fingerprint density at radius 3 is 2.71 bits per heavy atom. The van der Waals surface area contributed by atoms with Gasteiger partial charge in [-0.3, -0.25) is 0 Å². The van der Waals surface area contributed by atoms with Crippen LogP contribution in [0.1, 0.15) is 5.56 Å². The summed E-state index contributed by atoms with van der Waals surface area (Å²) in [6, 6.07) is 15.4. The summed E-state index contributed by atoms with van der Waals surface area (Å²) >= 11 is 9.45. The van der Waals surface area contributed by atoms with Gasteiger partial charge in [-0.2, -0.15) is 0 Å². The number of ether oxygens (including phenoxy) is 1. The highest BCUT2D eigenvalue weighted by molar-refractivity contribution is 9.10. The molecule has 2 aromatic rings. The molecule has 0 aliphatic rings. The highest BCUT2D eigenvalue weighted by atomic mass is 79.9. The van der Waals surface area contributed by atoms with E-state index in [0.29, 0.717) is 18.2 Å². The van der Waals surface area contributed by atoms with E-state index < -0.39 is 6.10 Å². The summed E-state index contributed by atoms with van der Waals surface area (Å²) in [4.78, 5) is 0. The quantitative estimate of drug-likeness (QED) is 0.771. The molecule has 0 aliphatic carbocycles. The van der Waals surface area contributed by atoms with Crippen LogP contribution >= 0.6 is 27.5 Å². The lowest BCUT2D eigenvalue weighted by molar-refractivity contribution is 0.0348. The van der Waals surface area contributed by atoms with Crippen molar-refractivity contribution in [1.82, 2.24) is 0 Å². The van der Waals surface area contributed by atoms with Crippen molar-refractivity contribution in [3.05, 3.63) is 63.6 Å². The summed E-state index contributed by atoms with van der Waals surface area (Å²) in [5.74, 6) is 0. The summed E-state index contributed by atoms with van der Waals surface area (Å²) < 4.78 is 6.43. The molecule has 2 N–H and O–H groups in total. The molecule has 0 saturated carbocycles. The Hall–Kier alpha value is -1.07. The SMILES string of the molecule is OC(CNc1cc(Br)ccc1Cl)COCc1ccccc1. The number of aliphatic hydroxyl groups excluding tert-OH is 1. The number of hydrogen-bond acceptors (Lipinski definition) is 3. The highest BCUT2D eigenvalue weighted by Crippen LogP contribution is 2.25. The van der Waals surface area contributed by atoms with Crippen LogP contribution in [0.15, 0.2) is 53.0 Å². The zero-order valence-electron chi connectivity index (χ0n) is 11.4. The Labute approximate surface area is 138 Å². The maximum Gasteiger partial charge on any atom is 0.0945 e. The molecule has 0 amide bonds. The first-order chi connectivity index (χ1) is 10.1. The highest BCUT2D eigenvalue weighted by Gasteiger charge is 2.06. The molecule has 3 nitrogen and oxygen atoms in total. The average Bonchev–Trinajstić information content (AvgIpc) is 2.49. The molecule has 1 atom stereocenters. The van der Waals surface area contributed by atoms with E-state index in [1.807, 2.05) is 42.5 Å². The van der Waals surface area contributed by atoms with Gasteiger partial charge in [-0.1, -0.05) is 57.9 Å². The monoisotopic (exact) mass is 369 g/mol. The molecule has 5 heteroatoms. The maximum absolute atomic E-state index is 9.91. The van der Waals surface area contributed by atoms with Crippen LogP contribution in [0, 0.1) is 0 Å². The van der Waals surface area contributed by atoms with E-state index in [-0.39, 0.29) is 6.61 Å². The third-order valence-corrected chi connectivity index (χ3v) is 3.70. The van der Waals surface area contributed by atoms with Crippen molar-refractivity contribution in [1.29, 1.82) is 0 Å². The van der Waals surface area contributed by atoms with Crippen molar-refractivity contribution >= 4 is 33.2 Å². The van der Waals surface area contributed by atoms with Crippen LogP contribution in [-0.4, -0.2) is 24.4 Å². The van der Waals surface area contributed by atoms with Gasteiger partial charge in [0.2, 0.25) is 0 Å². The predicted molar refractivity (Wildman–Crippen MR) is 89.7 cm³/mol. The van der Waals surface area contributed by atoms with Gasteiger partial charge in [-0.05, 0) is 23.8 Å². The molecule has 112 valence electrons. The Balaban J connectivity index is 1.72. The normalized spacial score (nSPS) is 12.1. The molecular formula is C16H17BrClNO2. The molecule has 0 radical (unpaired) electrons. The van der Waals surface area contributed by atoms with E-state index in [2.05, 4.69) is 21.2 Å². The number of halogens is 2. The molecule has 0 spiro atoms. The number of anilines is 1. The van der Waals surface area contributed by atoms with Crippen molar-refractivity contribution in [3.8, 4) is 0 Å². The number of nitrogens with one attached hydrogen (secondary N) is 1. The standard InChI is InChI=1S/C16H17BrClNO2/c17-13-6-7-15(18)16(8-13)19-9-14(20)11-21-10-12-4-2-1-3-5-12/h1-8,14,19-20H,9-11H2. The minimum atomic E-state index is -0.594. The molecule has 2 rings (SSSR count). The van der Waals surface area contributed by atoms with Crippen molar-refractivity contribution in [2.75, 3.05) is 18.5 Å². The van der Waals surface area contributed by atoms with Crippen LogP contribution in [0.5, 0.6) is 0 Å². The number of benzene rings is 2. The average molecular weight is 371 g/mol. The second-order valence-corrected chi connectivity index (χ2v) is 5.98. The lowest BCUT2D eigenvalue weighted by Gasteiger charge is -2.14. The molecule has 0 bridgehead atoms. The van der Waals surface area contributed by atoms with Crippen LogP contribution in [0.2, 0.25) is 5.02 Å². The third kappa shape index (κ3) is 5.67. The Morgan fingerprint density at radius 1 is 1.19 bits per heavy atom. The Morgan fingerprint density at radius 2 is 1.95 bits per heavy atom. The van der Waals surface area contributed by atoms with E-state index in [1.165, 1.54) is 0 Å². The minimum absolute atomic E-state index is 0.271. The lowest BCUT2D eigenvalue weighted by atomic mass is 10.2. The molecule has 2 aromatic carbocycles.